The van der Waals surface area contributed by atoms with E-state index in [4.69, 9.17) is 17.3 Å². The predicted molar refractivity (Wildman–Crippen MR) is 71.5 cm³/mol. The Hall–Kier alpha value is -1.60. The highest BCUT2D eigenvalue weighted by molar-refractivity contribution is 9.10. The molecular weight excluding hydrogens is 323 g/mol. The summed E-state index contributed by atoms with van der Waals surface area (Å²) in [5.41, 5.74) is 6.21. The van der Waals surface area contributed by atoms with Crippen LogP contribution in [0.2, 0.25) is 5.02 Å². The average molecular weight is 332 g/mol. The summed E-state index contributed by atoms with van der Waals surface area (Å²) in [5, 5.41) is 15.1. The van der Waals surface area contributed by atoms with E-state index >= 15 is 0 Å². The second-order valence-electron chi connectivity index (χ2n) is 3.57. The number of nitrogens with zero attached hydrogens (tertiary/aromatic N) is 3. The Morgan fingerprint density at radius 1 is 1.56 bits per heavy atom. The molecule has 2 rings (SSSR count). The van der Waals surface area contributed by atoms with Crippen molar-refractivity contribution >= 4 is 39.0 Å². The second kappa shape index (κ2) is 4.95. The van der Waals surface area contributed by atoms with Gasteiger partial charge in [-0.15, -0.1) is 0 Å². The van der Waals surface area contributed by atoms with Crippen molar-refractivity contribution in [2.45, 2.75) is 6.54 Å². The smallest absolute Gasteiger partial charge is 0.330 e. The Morgan fingerprint density at radius 2 is 2.28 bits per heavy atom. The number of hydrogen-bond donors (Lipinski definition) is 1. The molecule has 94 valence electrons. The van der Waals surface area contributed by atoms with E-state index in [-0.39, 0.29) is 18.1 Å². The fourth-order valence-electron chi connectivity index (χ4n) is 1.48. The van der Waals surface area contributed by atoms with Gasteiger partial charge in [0.25, 0.3) is 0 Å². The van der Waals surface area contributed by atoms with Crippen LogP contribution in [-0.4, -0.2) is 14.7 Å². The fourth-order valence-corrected chi connectivity index (χ4v) is 2.06. The molecule has 2 N–H and O–H groups in total. The average Bonchev–Trinajstić information content (AvgIpc) is 2.66. The monoisotopic (exact) mass is 330 g/mol. The molecule has 8 heteroatoms. The lowest BCUT2D eigenvalue weighted by Gasteiger charge is -2.06. The van der Waals surface area contributed by atoms with Gasteiger partial charge in [-0.2, -0.15) is 5.10 Å². The van der Waals surface area contributed by atoms with E-state index in [0.29, 0.717) is 5.02 Å². The quantitative estimate of drug-likeness (QED) is 0.692. The zero-order valence-electron chi connectivity index (χ0n) is 9.01. The number of aromatic nitrogens is 2. The SMILES string of the molecule is Nc1c([N+](=O)[O-])cnn1Cc1cc(Br)ccc1Cl. The van der Waals surface area contributed by atoms with Crippen molar-refractivity contribution in [3.63, 3.8) is 0 Å². The van der Waals surface area contributed by atoms with E-state index in [1.54, 1.807) is 12.1 Å². The Labute approximate surface area is 116 Å². The van der Waals surface area contributed by atoms with E-state index in [0.717, 1.165) is 16.2 Å². The number of halogens is 2. The molecule has 0 unspecified atom stereocenters. The van der Waals surface area contributed by atoms with Gasteiger partial charge < -0.3 is 5.73 Å². The minimum absolute atomic E-state index is 0.0102. The Kier molecular flexibility index (Phi) is 3.53. The molecule has 0 aliphatic heterocycles. The molecule has 0 aliphatic carbocycles. The first-order chi connectivity index (χ1) is 8.49. The largest absolute Gasteiger partial charge is 0.378 e. The Morgan fingerprint density at radius 3 is 2.89 bits per heavy atom. The van der Waals surface area contributed by atoms with Gasteiger partial charge in [-0.25, -0.2) is 4.68 Å². The maximum Gasteiger partial charge on any atom is 0.330 e. The number of nitro groups is 1. The predicted octanol–water partition coefficient (Wildman–Crippen LogP) is 2.84. The number of anilines is 1. The molecule has 2 aromatic rings. The Balaban J connectivity index is 2.34. The highest BCUT2D eigenvalue weighted by Crippen LogP contribution is 2.25. The maximum absolute atomic E-state index is 10.6. The van der Waals surface area contributed by atoms with Crippen molar-refractivity contribution in [2.75, 3.05) is 5.73 Å². The highest BCUT2D eigenvalue weighted by Gasteiger charge is 2.18. The first-order valence-electron chi connectivity index (χ1n) is 4.88. The summed E-state index contributed by atoms with van der Waals surface area (Å²) >= 11 is 9.36. The molecule has 0 amide bonds. The number of nitrogens with two attached hydrogens (primary N) is 1. The van der Waals surface area contributed by atoms with E-state index < -0.39 is 4.92 Å². The molecule has 1 heterocycles. The van der Waals surface area contributed by atoms with Crippen LogP contribution >= 0.6 is 27.5 Å². The van der Waals surface area contributed by atoms with E-state index in [1.165, 1.54) is 4.68 Å². The van der Waals surface area contributed by atoms with Gasteiger partial charge in [0.05, 0.1) is 11.5 Å². The normalized spacial score (nSPS) is 10.6. The standard InChI is InChI=1S/C10H8BrClN4O2/c11-7-1-2-8(12)6(3-7)5-15-10(13)9(4-14-15)16(17)18/h1-4H,5,13H2. The molecule has 6 nitrogen and oxygen atoms in total. The van der Waals surface area contributed by atoms with Gasteiger partial charge in [0.15, 0.2) is 0 Å². The molecular formula is C10H8BrClN4O2. The third kappa shape index (κ3) is 2.46. The van der Waals surface area contributed by atoms with Crippen molar-refractivity contribution in [3.05, 3.63) is 49.6 Å². The van der Waals surface area contributed by atoms with Gasteiger partial charge >= 0.3 is 5.69 Å². The summed E-state index contributed by atoms with van der Waals surface area (Å²) < 4.78 is 2.20. The van der Waals surface area contributed by atoms with Gasteiger partial charge in [0.1, 0.15) is 6.20 Å². The number of nitrogen functional groups attached to an aromatic ring is 1. The topological polar surface area (TPSA) is 87.0 Å². The van der Waals surface area contributed by atoms with Crippen LogP contribution in [0.1, 0.15) is 5.56 Å². The van der Waals surface area contributed by atoms with Crippen LogP contribution < -0.4 is 5.73 Å². The molecule has 0 bridgehead atoms. The lowest BCUT2D eigenvalue weighted by Crippen LogP contribution is -2.07. The molecule has 1 aromatic heterocycles. The first kappa shape index (κ1) is 12.8. The summed E-state index contributed by atoms with van der Waals surface area (Å²) in [4.78, 5) is 10.1. The Bertz CT molecular complexity index is 614. The summed E-state index contributed by atoms with van der Waals surface area (Å²) in [6, 6.07) is 5.35. The van der Waals surface area contributed by atoms with Crippen LogP contribution in [0.3, 0.4) is 0 Å². The third-order valence-corrected chi connectivity index (χ3v) is 3.25. The third-order valence-electron chi connectivity index (χ3n) is 2.38. The molecule has 18 heavy (non-hydrogen) atoms. The van der Waals surface area contributed by atoms with E-state index in [2.05, 4.69) is 21.0 Å². The lowest BCUT2D eigenvalue weighted by atomic mass is 10.2. The molecule has 0 saturated carbocycles. The van der Waals surface area contributed by atoms with Crippen molar-refractivity contribution in [2.24, 2.45) is 0 Å². The molecule has 0 radical (unpaired) electrons. The van der Waals surface area contributed by atoms with Gasteiger partial charge in [-0.05, 0) is 23.8 Å². The fraction of sp³-hybridized carbons (Fsp3) is 0.100. The van der Waals surface area contributed by atoms with E-state index in [9.17, 15) is 10.1 Å². The summed E-state index contributed by atoms with van der Waals surface area (Å²) in [5.74, 6) is 0.0102. The molecule has 1 aromatic carbocycles. The molecule has 0 saturated heterocycles. The molecule has 0 atom stereocenters. The van der Waals surface area contributed by atoms with Crippen molar-refractivity contribution in [1.29, 1.82) is 0 Å². The first-order valence-corrected chi connectivity index (χ1v) is 6.05. The van der Waals surface area contributed by atoms with Gasteiger partial charge in [-0.3, -0.25) is 10.1 Å². The minimum atomic E-state index is -0.568. The highest BCUT2D eigenvalue weighted by atomic mass is 79.9. The zero-order chi connectivity index (χ0) is 13.3. The van der Waals surface area contributed by atoms with E-state index in [1.807, 2.05) is 6.07 Å². The number of benzene rings is 1. The van der Waals surface area contributed by atoms with Crippen LogP contribution in [0.25, 0.3) is 0 Å². The summed E-state index contributed by atoms with van der Waals surface area (Å²) in [6.45, 7) is 0.276. The zero-order valence-corrected chi connectivity index (χ0v) is 11.3. The van der Waals surface area contributed by atoms with Crippen LogP contribution in [-0.2, 0) is 6.54 Å². The molecule has 0 fully saturated rings. The van der Waals surface area contributed by atoms with Gasteiger partial charge in [-0.1, -0.05) is 27.5 Å². The van der Waals surface area contributed by atoms with Crippen molar-refractivity contribution in [1.82, 2.24) is 9.78 Å². The van der Waals surface area contributed by atoms with Gasteiger partial charge in [0.2, 0.25) is 5.82 Å². The van der Waals surface area contributed by atoms with Crippen LogP contribution in [0.15, 0.2) is 28.9 Å². The minimum Gasteiger partial charge on any atom is -0.378 e. The van der Waals surface area contributed by atoms with Crippen molar-refractivity contribution < 1.29 is 4.92 Å². The summed E-state index contributed by atoms with van der Waals surface area (Å²) in [6.07, 6.45) is 1.13. The number of rotatable bonds is 3. The molecule has 0 aliphatic rings. The lowest BCUT2D eigenvalue weighted by molar-refractivity contribution is -0.384. The number of hydrogen-bond acceptors (Lipinski definition) is 4. The van der Waals surface area contributed by atoms with Crippen molar-refractivity contribution in [3.8, 4) is 0 Å². The second-order valence-corrected chi connectivity index (χ2v) is 4.89. The van der Waals surface area contributed by atoms with Gasteiger partial charge in [0, 0.05) is 9.50 Å². The van der Waals surface area contributed by atoms with Crippen LogP contribution in [0.4, 0.5) is 11.5 Å². The van der Waals surface area contributed by atoms with Crippen LogP contribution in [0.5, 0.6) is 0 Å². The molecule has 0 spiro atoms. The van der Waals surface area contributed by atoms with Crippen LogP contribution in [0, 0.1) is 10.1 Å². The maximum atomic E-state index is 10.6. The summed E-state index contributed by atoms with van der Waals surface area (Å²) in [7, 11) is 0.